The minimum Gasteiger partial charge on any atom is -0.494 e. The second kappa shape index (κ2) is 9.03. The summed E-state index contributed by atoms with van der Waals surface area (Å²) in [4.78, 5) is 36.5. The van der Waals surface area contributed by atoms with E-state index in [1.165, 1.54) is 4.90 Å². The standard InChI is InChI=1S/C21H22N2O5/c24-19(14-23-13-16-4-1-2-5-18(16)21(23)27)22-12-15-7-9-17(10-8-15)28-11-3-6-20(25)26/h1-2,4-5,7-10H,3,6,11-14H2,(H,22,24)(H,25,26). The van der Waals surface area contributed by atoms with Crippen molar-refractivity contribution in [2.75, 3.05) is 13.2 Å². The number of carboxylic acid groups (broad SMARTS) is 1. The maximum Gasteiger partial charge on any atom is 0.303 e. The molecule has 0 saturated carbocycles. The number of hydrogen-bond donors (Lipinski definition) is 2. The van der Waals surface area contributed by atoms with Crippen molar-refractivity contribution in [2.45, 2.75) is 25.9 Å². The van der Waals surface area contributed by atoms with Crippen molar-refractivity contribution >= 4 is 17.8 Å². The zero-order valence-corrected chi connectivity index (χ0v) is 15.4. The van der Waals surface area contributed by atoms with Crippen LogP contribution in [0.15, 0.2) is 48.5 Å². The van der Waals surface area contributed by atoms with Crippen molar-refractivity contribution in [3.63, 3.8) is 0 Å². The summed E-state index contributed by atoms with van der Waals surface area (Å²) >= 11 is 0. The maximum absolute atomic E-state index is 12.3. The van der Waals surface area contributed by atoms with Gasteiger partial charge in [-0.05, 0) is 35.7 Å². The summed E-state index contributed by atoms with van der Waals surface area (Å²) < 4.78 is 5.47. The Hall–Kier alpha value is -3.35. The Bertz CT molecular complexity index is 863. The number of carbonyl (C=O) groups excluding carboxylic acids is 2. The fraction of sp³-hybridized carbons (Fsp3) is 0.286. The molecule has 7 heteroatoms. The summed E-state index contributed by atoms with van der Waals surface area (Å²) in [5.41, 5.74) is 2.51. The molecule has 0 aliphatic carbocycles. The van der Waals surface area contributed by atoms with E-state index in [0.717, 1.165) is 11.1 Å². The number of fused-ring (bicyclic) bond motifs is 1. The Morgan fingerprint density at radius 3 is 2.57 bits per heavy atom. The van der Waals surface area contributed by atoms with E-state index in [1.807, 2.05) is 30.3 Å². The maximum atomic E-state index is 12.3. The zero-order valence-electron chi connectivity index (χ0n) is 15.4. The van der Waals surface area contributed by atoms with E-state index < -0.39 is 5.97 Å². The van der Waals surface area contributed by atoms with Gasteiger partial charge >= 0.3 is 5.97 Å². The van der Waals surface area contributed by atoms with Gasteiger partial charge in [-0.15, -0.1) is 0 Å². The highest BCUT2D eigenvalue weighted by Crippen LogP contribution is 2.21. The highest BCUT2D eigenvalue weighted by atomic mass is 16.5. The van der Waals surface area contributed by atoms with Gasteiger partial charge in [0, 0.05) is 25.1 Å². The van der Waals surface area contributed by atoms with Crippen LogP contribution in [0.1, 0.15) is 34.3 Å². The predicted octanol–water partition coefficient (Wildman–Crippen LogP) is 2.20. The first-order valence-corrected chi connectivity index (χ1v) is 9.10. The van der Waals surface area contributed by atoms with Crippen LogP contribution in [0.3, 0.4) is 0 Å². The van der Waals surface area contributed by atoms with Crippen LogP contribution < -0.4 is 10.1 Å². The lowest BCUT2D eigenvalue weighted by Crippen LogP contribution is -2.37. The van der Waals surface area contributed by atoms with Gasteiger partial charge in [-0.25, -0.2) is 0 Å². The predicted molar refractivity (Wildman–Crippen MR) is 102 cm³/mol. The molecular formula is C21H22N2O5. The van der Waals surface area contributed by atoms with Gasteiger partial charge in [0.15, 0.2) is 0 Å². The monoisotopic (exact) mass is 382 g/mol. The Morgan fingerprint density at radius 1 is 1.11 bits per heavy atom. The van der Waals surface area contributed by atoms with Gasteiger partial charge in [-0.2, -0.15) is 0 Å². The number of aliphatic carboxylic acids is 1. The van der Waals surface area contributed by atoms with Crippen LogP contribution in [0.4, 0.5) is 0 Å². The highest BCUT2D eigenvalue weighted by molar-refractivity contribution is 6.00. The van der Waals surface area contributed by atoms with Crippen molar-refractivity contribution in [1.29, 1.82) is 0 Å². The normalized spacial score (nSPS) is 12.6. The summed E-state index contributed by atoms with van der Waals surface area (Å²) in [5, 5.41) is 11.4. The third-order valence-corrected chi connectivity index (χ3v) is 4.45. The van der Waals surface area contributed by atoms with Crippen LogP contribution >= 0.6 is 0 Å². The first-order valence-electron chi connectivity index (χ1n) is 9.10. The van der Waals surface area contributed by atoms with Gasteiger partial charge in [-0.1, -0.05) is 30.3 Å². The van der Waals surface area contributed by atoms with Gasteiger partial charge in [0.1, 0.15) is 12.3 Å². The van der Waals surface area contributed by atoms with Gasteiger partial charge in [0.2, 0.25) is 5.91 Å². The van der Waals surface area contributed by atoms with E-state index in [2.05, 4.69) is 5.32 Å². The van der Waals surface area contributed by atoms with Crippen LogP contribution in [0.2, 0.25) is 0 Å². The van der Waals surface area contributed by atoms with Crippen molar-refractivity contribution in [2.24, 2.45) is 0 Å². The van der Waals surface area contributed by atoms with Crippen molar-refractivity contribution in [1.82, 2.24) is 10.2 Å². The number of carboxylic acids is 1. The molecule has 3 rings (SSSR count). The molecule has 2 aromatic carbocycles. The molecule has 1 heterocycles. The molecule has 0 radical (unpaired) electrons. The van der Waals surface area contributed by atoms with E-state index in [9.17, 15) is 14.4 Å². The van der Waals surface area contributed by atoms with Crippen LogP contribution in [0.25, 0.3) is 0 Å². The molecule has 7 nitrogen and oxygen atoms in total. The molecule has 0 atom stereocenters. The van der Waals surface area contributed by atoms with Crippen molar-refractivity contribution in [3.8, 4) is 5.75 Å². The topological polar surface area (TPSA) is 95.9 Å². The second-order valence-corrected chi connectivity index (χ2v) is 6.58. The second-order valence-electron chi connectivity index (χ2n) is 6.58. The minimum absolute atomic E-state index is 0.0261. The summed E-state index contributed by atoms with van der Waals surface area (Å²) in [5.74, 6) is -0.514. The number of rotatable bonds is 9. The van der Waals surface area contributed by atoms with Crippen LogP contribution in [-0.2, 0) is 22.7 Å². The fourth-order valence-corrected chi connectivity index (χ4v) is 2.99. The molecule has 0 saturated heterocycles. The number of nitrogens with zero attached hydrogens (tertiary/aromatic N) is 1. The van der Waals surface area contributed by atoms with Crippen LogP contribution in [0.5, 0.6) is 5.75 Å². The van der Waals surface area contributed by atoms with Gasteiger partial charge < -0.3 is 20.1 Å². The van der Waals surface area contributed by atoms with Gasteiger partial charge in [0.25, 0.3) is 5.91 Å². The van der Waals surface area contributed by atoms with E-state index in [4.69, 9.17) is 9.84 Å². The first-order chi connectivity index (χ1) is 13.5. The molecule has 28 heavy (non-hydrogen) atoms. The summed E-state index contributed by atoms with van der Waals surface area (Å²) in [6, 6.07) is 14.6. The minimum atomic E-state index is -0.839. The average Bonchev–Trinajstić information content (AvgIpc) is 3.00. The highest BCUT2D eigenvalue weighted by Gasteiger charge is 2.27. The zero-order chi connectivity index (χ0) is 19.9. The number of ether oxygens (including phenoxy) is 1. The molecule has 0 spiro atoms. The lowest BCUT2D eigenvalue weighted by atomic mass is 10.1. The lowest BCUT2D eigenvalue weighted by Gasteiger charge is -2.15. The molecule has 2 amide bonds. The number of hydrogen-bond acceptors (Lipinski definition) is 4. The van der Waals surface area contributed by atoms with Gasteiger partial charge in [-0.3, -0.25) is 14.4 Å². The Balaban J connectivity index is 1.41. The number of nitrogens with one attached hydrogen (secondary N) is 1. The third-order valence-electron chi connectivity index (χ3n) is 4.45. The number of benzene rings is 2. The van der Waals surface area contributed by atoms with Crippen molar-refractivity contribution in [3.05, 3.63) is 65.2 Å². The number of carbonyl (C=O) groups is 3. The SMILES string of the molecule is O=C(O)CCCOc1ccc(CNC(=O)CN2Cc3ccccc3C2=O)cc1. The summed E-state index contributed by atoms with van der Waals surface area (Å²) in [7, 11) is 0. The quantitative estimate of drug-likeness (QED) is 0.648. The van der Waals surface area contributed by atoms with E-state index in [0.29, 0.717) is 37.4 Å². The smallest absolute Gasteiger partial charge is 0.303 e. The molecule has 1 aliphatic heterocycles. The lowest BCUT2D eigenvalue weighted by molar-refractivity contribution is -0.137. The molecule has 1 aliphatic rings. The summed E-state index contributed by atoms with van der Waals surface area (Å²) in [6.45, 7) is 1.18. The third kappa shape index (κ3) is 5.09. The first kappa shape index (κ1) is 19.4. The summed E-state index contributed by atoms with van der Waals surface area (Å²) in [6.07, 6.45) is 0.529. The molecule has 0 unspecified atom stereocenters. The number of amides is 2. The Kier molecular flexibility index (Phi) is 6.26. The molecule has 146 valence electrons. The Labute approximate surface area is 162 Å². The average molecular weight is 382 g/mol. The molecule has 2 N–H and O–H groups in total. The van der Waals surface area contributed by atoms with E-state index in [1.54, 1.807) is 18.2 Å². The van der Waals surface area contributed by atoms with Gasteiger partial charge in [0.05, 0.1) is 6.61 Å². The van der Waals surface area contributed by atoms with Crippen LogP contribution in [-0.4, -0.2) is 40.9 Å². The molecule has 0 aromatic heterocycles. The molecule has 0 fully saturated rings. The molecule has 0 bridgehead atoms. The van der Waals surface area contributed by atoms with E-state index in [-0.39, 0.29) is 24.8 Å². The molecule has 2 aromatic rings. The van der Waals surface area contributed by atoms with Crippen molar-refractivity contribution < 1.29 is 24.2 Å². The largest absolute Gasteiger partial charge is 0.494 e. The van der Waals surface area contributed by atoms with Crippen LogP contribution in [0, 0.1) is 0 Å². The van der Waals surface area contributed by atoms with E-state index >= 15 is 0 Å². The molecular weight excluding hydrogens is 360 g/mol. The Morgan fingerprint density at radius 2 is 1.86 bits per heavy atom. The fourth-order valence-electron chi connectivity index (χ4n) is 2.99.